The lowest BCUT2D eigenvalue weighted by Gasteiger charge is -2.21. The fourth-order valence-corrected chi connectivity index (χ4v) is 3.41. The first-order valence-electron chi connectivity index (χ1n) is 7.81. The highest BCUT2D eigenvalue weighted by Gasteiger charge is 2.22. The van der Waals surface area contributed by atoms with Crippen LogP contribution in [0, 0.1) is 0 Å². The van der Waals surface area contributed by atoms with Gasteiger partial charge in [-0.2, -0.15) is 4.98 Å². The lowest BCUT2D eigenvalue weighted by atomic mass is 9.99. The maximum Gasteiger partial charge on any atom is 0.237 e. The predicted octanol–water partition coefficient (Wildman–Crippen LogP) is 1.15. The molecule has 1 aliphatic heterocycles. The molecule has 0 aromatic carbocycles. The van der Waals surface area contributed by atoms with Gasteiger partial charge in [-0.15, -0.1) is 10.2 Å². The normalized spacial score (nSPS) is 18.4. The zero-order chi connectivity index (χ0) is 16.1. The van der Waals surface area contributed by atoms with E-state index in [1.54, 1.807) is 18.9 Å². The third-order valence-electron chi connectivity index (χ3n) is 3.90. The van der Waals surface area contributed by atoms with Crippen LogP contribution in [0.4, 0.5) is 0 Å². The van der Waals surface area contributed by atoms with Crippen LogP contribution in [0.15, 0.2) is 9.68 Å². The molecule has 1 aliphatic rings. The molecule has 0 radical (unpaired) electrons. The Bertz CT molecular complexity index is 623. The first-order chi connectivity index (χ1) is 11.3. The Balaban J connectivity index is 1.58. The predicted molar refractivity (Wildman–Crippen MR) is 85.3 cm³/mol. The van der Waals surface area contributed by atoms with Gasteiger partial charge in [0.15, 0.2) is 11.0 Å². The molecule has 23 heavy (non-hydrogen) atoms. The van der Waals surface area contributed by atoms with Crippen LogP contribution < -0.4 is 5.32 Å². The average molecular weight is 338 g/mol. The lowest BCUT2D eigenvalue weighted by molar-refractivity contribution is 0.199. The Morgan fingerprint density at radius 2 is 2.35 bits per heavy atom. The summed E-state index contributed by atoms with van der Waals surface area (Å²) in [6.07, 6.45) is 3.01. The van der Waals surface area contributed by atoms with Gasteiger partial charge in [-0.3, -0.25) is 0 Å². The number of thioether (sulfide) groups is 1. The highest BCUT2D eigenvalue weighted by atomic mass is 32.2. The lowest BCUT2D eigenvalue weighted by Crippen LogP contribution is -2.29. The number of methoxy groups -OCH3 is 1. The van der Waals surface area contributed by atoms with Crippen molar-refractivity contribution in [3.63, 3.8) is 0 Å². The van der Waals surface area contributed by atoms with E-state index in [4.69, 9.17) is 9.26 Å². The zero-order valence-corrected chi connectivity index (χ0v) is 14.3. The van der Waals surface area contributed by atoms with Crippen molar-refractivity contribution < 1.29 is 9.26 Å². The van der Waals surface area contributed by atoms with Crippen LogP contribution in [0.1, 0.15) is 36.3 Å². The van der Waals surface area contributed by atoms with Crippen LogP contribution in [0.25, 0.3) is 0 Å². The van der Waals surface area contributed by atoms with Crippen LogP contribution in [-0.4, -0.2) is 51.7 Å². The van der Waals surface area contributed by atoms with E-state index >= 15 is 0 Å². The standard InChI is InChI=1S/C14H22N6O2S/c1-20-13(10-4-3-6-15-8-10)17-18-14(20)23-9-12-16-11(19-22-12)5-7-21-2/h10,15H,3-9H2,1-2H3/t10-/m1/s1. The fourth-order valence-electron chi connectivity index (χ4n) is 2.65. The molecule has 1 saturated heterocycles. The molecule has 1 atom stereocenters. The molecule has 1 N–H and O–H groups in total. The molecule has 3 rings (SSSR count). The third kappa shape index (κ3) is 4.10. The maximum atomic E-state index is 5.24. The molecule has 0 bridgehead atoms. The van der Waals surface area contributed by atoms with Crippen molar-refractivity contribution in [1.82, 2.24) is 30.2 Å². The van der Waals surface area contributed by atoms with Crippen LogP contribution in [0.5, 0.6) is 0 Å². The second-order valence-electron chi connectivity index (χ2n) is 5.58. The summed E-state index contributed by atoms with van der Waals surface area (Å²) in [4.78, 5) is 4.34. The molecule has 0 aliphatic carbocycles. The van der Waals surface area contributed by atoms with Crippen molar-refractivity contribution in [3.8, 4) is 0 Å². The van der Waals surface area contributed by atoms with Crippen molar-refractivity contribution in [1.29, 1.82) is 0 Å². The molecular weight excluding hydrogens is 316 g/mol. The highest BCUT2D eigenvalue weighted by molar-refractivity contribution is 7.98. The Labute approximate surface area is 139 Å². The first kappa shape index (κ1) is 16.4. The summed E-state index contributed by atoms with van der Waals surface area (Å²) in [5, 5.41) is 16.9. The largest absolute Gasteiger partial charge is 0.384 e. The minimum Gasteiger partial charge on any atom is -0.384 e. The smallest absolute Gasteiger partial charge is 0.237 e. The van der Waals surface area contributed by atoms with Gasteiger partial charge in [0.05, 0.1) is 12.4 Å². The second kappa shape index (κ2) is 7.89. The van der Waals surface area contributed by atoms with E-state index in [0.29, 0.717) is 36.4 Å². The topological polar surface area (TPSA) is 90.9 Å². The molecule has 0 amide bonds. The van der Waals surface area contributed by atoms with Crippen LogP contribution in [-0.2, 0) is 24.0 Å². The number of hydrogen-bond donors (Lipinski definition) is 1. The summed E-state index contributed by atoms with van der Waals surface area (Å²) in [7, 11) is 3.68. The molecule has 3 heterocycles. The molecule has 9 heteroatoms. The zero-order valence-electron chi connectivity index (χ0n) is 13.5. The summed E-state index contributed by atoms with van der Waals surface area (Å²) in [5.74, 6) is 3.36. The van der Waals surface area contributed by atoms with Gasteiger partial charge in [0.25, 0.3) is 0 Å². The Hall–Kier alpha value is -1.45. The number of rotatable bonds is 7. The summed E-state index contributed by atoms with van der Waals surface area (Å²) in [5.41, 5.74) is 0. The molecule has 0 unspecified atom stereocenters. The van der Waals surface area contributed by atoms with E-state index < -0.39 is 0 Å². The molecule has 2 aromatic heterocycles. The van der Waals surface area contributed by atoms with E-state index in [9.17, 15) is 0 Å². The van der Waals surface area contributed by atoms with E-state index in [-0.39, 0.29) is 0 Å². The van der Waals surface area contributed by atoms with Gasteiger partial charge in [0.1, 0.15) is 5.82 Å². The summed E-state index contributed by atoms with van der Waals surface area (Å²) >= 11 is 1.56. The van der Waals surface area contributed by atoms with Gasteiger partial charge in [-0.1, -0.05) is 16.9 Å². The van der Waals surface area contributed by atoms with Crippen molar-refractivity contribution in [2.24, 2.45) is 7.05 Å². The van der Waals surface area contributed by atoms with Crippen LogP contribution in [0.2, 0.25) is 0 Å². The summed E-state index contributed by atoms with van der Waals surface area (Å²) < 4.78 is 12.3. The minimum atomic E-state index is 0.444. The molecule has 8 nitrogen and oxygen atoms in total. The quantitative estimate of drug-likeness (QED) is 0.752. The van der Waals surface area contributed by atoms with E-state index in [2.05, 4.69) is 30.2 Å². The SMILES string of the molecule is COCCc1noc(CSc2nnc([C@@H]3CCCNC3)n2C)n1. The molecule has 2 aromatic rings. The van der Waals surface area contributed by atoms with Gasteiger partial charge in [-0.05, 0) is 19.4 Å². The van der Waals surface area contributed by atoms with Gasteiger partial charge < -0.3 is 19.1 Å². The number of nitrogens with zero attached hydrogens (tertiary/aromatic N) is 5. The fraction of sp³-hybridized carbons (Fsp3) is 0.714. The van der Waals surface area contributed by atoms with E-state index in [0.717, 1.165) is 30.5 Å². The Morgan fingerprint density at radius 1 is 1.43 bits per heavy atom. The van der Waals surface area contributed by atoms with Crippen molar-refractivity contribution in [2.45, 2.75) is 36.1 Å². The second-order valence-corrected chi connectivity index (χ2v) is 6.52. The summed E-state index contributed by atoms with van der Waals surface area (Å²) in [6.45, 7) is 2.66. The van der Waals surface area contributed by atoms with Crippen molar-refractivity contribution >= 4 is 11.8 Å². The van der Waals surface area contributed by atoms with Crippen molar-refractivity contribution in [3.05, 3.63) is 17.5 Å². The Morgan fingerprint density at radius 3 is 3.13 bits per heavy atom. The maximum absolute atomic E-state index is 5.24. The third-order valence-corrected chi connectivity index (χ3v) is 4.90. The highest BCUT2D eigenvalue weighted by Crippen LogP contribution is 2.26. The average Bonchev–Trinajstić information content (AvgIpc) is 3.18. The van der Waals surface area contributed by atoms with Gasteiger partial charge >= 0.3 is 0 Å². The summed E-state index contributed by atoms with van der Waals surface area (Å²) in [6, 6.07) is 0. The molecular formula is C14H22N6O2S. The molecule has 0 spiro atoms. The van der Waals surface area contributed by atoms with Crippen LogP contribution in [0.3, 0.4) is 0 Å². The minimum absolute atomic E-state index is 0.444. The number of ether oxygens (including phenoxy) is 1. The monoisotopic (exact) mass is 338 g/mol. The van der Waals surface area contributed by atoms with Crippen molar-refractivity contribution in [2.75, 3.05) is 26.8 Å². The molecule has 1 fully saturated rings. The Kier molecular flexibility index (Phi) is 5.63. The van der Waals surface area contributed by atoms with Gasteiger partial charge in [-0.25, -0.2) is 0 Å². The number of hydrogen-bond acceptors (Lipinski definition) is 8. The van der Waals surface area contributed by atoms with Gasteiger partial charge in [0, 0.05) is 33.0 Å². The number of nitrogens with one attached hydrogen (secondary N) is 1. The molecule has 126 valence electrons. The number of piperidine rings is 1. The van der Waals surface area contributed by atoms with Crippen LogP contribution >= 0.6 is 11.8 Å². The van der Waals surface area contributed by atoms with Gasteiger partial charge in [0.2, 0.25) is 5.89 Å². The van der Waals surface area contributed by atoms with E-state index in [1.165, 1.54) is 6.42 Å². The molecule has 0 saturated carbocycles. The number of aromatic nitrogens is 5. The first-order valence-corrected chi connectivity index (χ1v) is 8.79. The van der Waals surface area contributed by atoms with E-state index in [1.807, 2.05) is 7.05 Å².